The summed E-state index contributed by atoms with van der Waals surface area (Å²) >= 11 is 0. The molecule has 0 unspecified atom stereocenters. The summed E-state index contributed by atoms with van der Waals surface area (Å²) < 4.78 is 22.8. The molecule has 0 aliphatic carbocycles. The minimum absolute atomic E-state index is 0. The number of aromatic amines is 1. The number of carbonyl (C=O) groups excluding carboxylic acids is 1. The van der Waals surface area contributed by atoms with Crippen LogP contribution in [0.15, 0.2) is 73.1 Å². The third kappa shape index (κ3) is 11.1. The van der Waals surface area contributed by atoms with Crippen LogP contribution in [0.5, 0.6) is 5.75 Å². The molecule has 0 saturated heterocycles. The summed E-state index contributed by atoms with van der Waals surface area (Å²) in [6.45, 7) is 4.61. The number of hydrogen-bond acceptors (Lipinski definition) is 2. The van der Waals surface area contributed by atoms with E-state index < -0.39 is 0 Å². The number of nitrogens with one attached hydrogen (secondary N) is 1. The number of fused-ring (bicyclic) bond motifs is 1. The average molecular weight is 667 g/mol. The van der Waals surface area contributed by atoms with Gasteiger partial charge in [-0.1, -0.05) is 102 Å². The van der Waals surface area contributed by atoms with Gasteiger partial charge in [-0.25, -0.2) is 9.37 Å². The first-order chi connectivity index (χ1) is 21.0. The van der Waals surface area contributed by atoms with E-state index in [1.165, 1.54) is 70.3 Å². The van der Waals surface area contributed by atoms with Crippen LogP contribution in [0.4, 0.5) is 10.1 Å². The van der Waals surface area contributed by atoms with Gasteiger partial charge in [-0.05, 0) is 53.9 Å². The lowest BCUT2D eigenvalue weighted by molar-refractivity contribution is -0.520. The number of aromatic nitrogens is 2. The summed E-state index contributed by atoms with van der Waals surface area (Å²) in [7, 11) is 0. The van der Waals surface area contributed by atoms with Crippen molar-refractivity contribution < 1.29 is 35.3 Å². The Bertz CT molecular complexity index is 1420. The standard InChI is InChI=1S/C37H48FN3O2.BrH/c1-3-4-5-6-7-8-9-10-11-12-13-16-24-43-36-22-21-32(26-35(36)38)29-41(30(2)42)33-20-17-18-31(25-33)27-37-39-28-34-19-14-15-23-40(34)37;/h14-15,17-23,25-26,28H,3-13,16,24,27,29H2,1-2H3;1H. The van der Waals surface area contributed by atoms with Crippen LogP contribution in [0.2, 0.25) is 0 Å². The molecule has 1 amide bonds. The fourth-order valence-electron chi connectivity index (χ4n) is 5.66. The average Bonchev–Trinajstić information content (AvgIpc) is 3.41. The number of H-pyrrole nitrogens is 1. The molecule has 2 heterocycles. The van der Waals surface area contributed by atoms with E-state index in [2.05, 4.69) is 28.4 Å². The number of amides is 1. The Labute approximate surface area is 273 Å². The molecular formula is C37H49BrFN3O2. The maximum atomic E-state index is 14.9. The van der Waals surface area contributed by atoms with Crippen LogP contribution in [0.1, 0.15) is 108 Å². The zero-order chi connectivity index (χ0) is 30.3. The van der Waals surface area contributed by atoms with E-state index >= 15 is 0 Å². The SMILES string of the molecule is CCCCCCCCCCCCCCOc1ccc(CN(C(C)=O)c2cccc(Cc3[nH]cc4cccc[n+]34)c2)cc1F.[Br-]. The number of halogens is 2. The lowest BCUT2D eigenvalue weighted by atomic mass is 10.1. The van der Waals surface area contributed by atoms with Crippen LogP contribution in [-0.2, 0) is 17.8 Å². The highest BCUT2D eigenvalue weighted by Gasteiger charge is 2.16. The van der Waals surface area contributed by atoms with Crippen LogP contribution < -0.4 is 31.0 Å². The molecular weight excluding hydrogens is 617 g/mol. The lowest BCUT2D eigenvalue weighted by Crippen LogP contribution is -3.00. The number of ether oxygens (including phenoxy) is 1. The zero-order valence-corrected chi connectivity index (χ0v) is 28.1. The number of imidazole rings is 1. The molecule has 44 heavy (non-hydrogen) atoms. The fourth-order valence-corrected chi connectivity index (χ4v) is 5.66. The molecule has 0 atom stereocenters. The second-order valence-corrected chi connectivity index (χ2v) is 11.7. The first-order valence-corrected chi connectivity index (χ1v) is 16.3. The monoisotopic (exact) mass is 665 g/mol. The Morgan fingerprint density at radius 2 is 1.55 bits per heavy atom. The molecule has 0 aliphatic rings. The molecule has 2 aromatic carbocycles. The van der Waals surface area contributed by atoms with Crippen molar-refractivity contribution in [2.75, 3.05) is 11.5 Å². The van der Waals surface area contributed by atoms with Gasteiger partial charge in [0.2, 0.25) is 5.91 Å². The number of unbranched alkanes of at least 4 members (excludes halogenated alkanes) is 11. The zero-order valence-electron chi connectivity index (χ0n) is 26.5. The molecule has 4 aromatic rings. The Morgan fingerprint density at radius 3 is 2.23 bits per heavy atom. The Morgan fingerprint density at radius 1 is 0.841 bits per heavy atom. The van der Waals surface area contributed by atoms with Crippen LogP contribution in [0, 0.1) is 5.82 Å². The van der Waals surface area contributed by atoms with Gasteiger partial charge in [-0.3, -0.25) is 4.79 Å². The van der Waals surface area contributed by atoms with Gasteiger partial charge in [0, 0.05) is 12.6 Å². The van der Waals surface area contributed by atoms with E-state index in [1.54, 1.807) is 17.9 Å². The number of anilines is 1. The van der Waals surface area contributed by atoms with Gasteiger partial charge in [-0.2, -0.15) is 4.40 Å². The summed E-state index contributed by atoms with van der Waals surface area (Å²) in [6, 6.07) is 19.1. The molecule has 0 aliphatic heterocycles. The summed E-state index contributed by atoms with van der Waals surface area (Å²) in [6.07, 6.45) is 20.1. The Hall–Kier alpha value is -3.19. The molecule has 0 bridgehead atoms. The molecule has 238 valence electrons. The third-order valence-corrected chi connectivity index (χ3v) is 8.14. The summed E-state index contributed by atoms with van der Waals surface area (Å²) in [5, 5.41) is 0. The van der Waals surface area contributed by atoms with Gasteiger partial charge in [0.25, 0.3) is 5.82 Å². The number of nitrogens with zero attached hydrogens (tertiary/aromatic N) is 2. The van der Waals surface area contributed by atoms with Crippen LogP contribution >= 0.6 is 0 Å². The highest BCUT2D eigenvalue weighted by atomic mass is 79.9. The van der Waals surface area contributed by atoms with Gasteiger partial charge < -0.3 is 26.6 Å². The van der Waals surface area contributed by atoms with Crippen LogP contribution in [-0.4, -0.2) is 17.5 Å². The number of hydrogen-bond donors (Lipinski definition) is 1. The molecule has 1 N–H and O–H groups in total. The van der Waals surface area contributed by atoms with E-state index in [0.29, 0.717) is 13.0 Å². The second kappa shape index (κ2) is 19.3. The van der Waals surface area contributed by atoms with E-state index in [-0.39, 0.29) is 41.0 Å². The van der Waals surface area contributed by atoms with Crippen molar-refractivity contribution in [1.29, 1.82) is 0 Å². The van der Waals surface area contributed by atoms with Crippen molar-refractivity contribution in [3.8, 4) is 5.75 Å². The summed E-state index contributed by atoms with van der Waals surface area (Å²) in [4.78, 5) is 17.7. The lowest BCUT2D eigenvalue weighted by Gasteiger charge is -2.22. The van der Waals surface area contributed by atoms with Crippen molar-refractivity contribution in [3.63, 3.8) is 0 Å². The molecule has 0 saturated carbocycles. The number of benzene rings is 2. The smallest absolute Gasteiger partial charge is 0.263 e. The van der Waals surface area contributed by atoms with E-state index in [1.807, 2.05) is 48.8 Å². The highest BCUT2D eigenvalue weighted by Crippen LogP contribution is 2.24. The summed E-state index contributed by atoms with van der Waals surface area (Å²) in [5.41, 5.74) is 3.69. The molecule has 0 fully saturated rings. The molecule has 0 spiro atoms. The van der Waals surface area contributed by atoms with Crippen molar-refractivity contribution in [3.05, 3.63) is 95.8 Å². The topological polar surface area (TPSA) is 49.4 Å². The quantitative estimate of drug-likeness (QED) is 0.0969. The highest BCUT2D eigenvalue weighted by molar-refractivity contribution is 5.91. The second-order valence-electron chi connectivity index (χ2n) is 11.7. The van der Waals surface area contributed by atoms with Gasteiger partial charge in [0.15, 0.2) is 17.1 Å². The molecule has 5 nitrogen and oxygen atoms in total. The van der Waals surface area contributed by atoms with Crippen molar-refractivity contribution >= 4 is 17.1 Å². The molecule has 4 rings (SSSR count). The predicted molar refractivity (Wildman–Crippen MR) is 173 cm³/mol. The van der Waals surface area contributed by atoms with Crippen molar-refractivity contribution in [1.82, 2.24) is 4.98 Å². The fraction of sp³-hybridized carbons (Fsp3) is 0.459. The van der Waals surface area contributed by atoms with Crippen LogP contribution in [0.3, 0.4) is 0 Å². The minimum Gasteiger partial charge on any atom is -1.00 e. The number of carbonyl (C=O) groups is 1. The van der Waals surface area contributed by atoms with Gasteiger partial charge in [0.05, 0.1) is 25.8 Å². The normalized spacial score (nSPS) is 11.0. The van der Waals surface area contributed by atoms with E-state index in [0.717, 1.165) is 41.0 Å². The number of pyridine rings is 1. The van der Waals surface area contributed by atoms with Crippen LogP contribution in [0.25, 0.3) is 5.52 Å². The number of rotatable bonds is 19. The van der Waals surface area contributed by atoms with Crippen molar-refractivity contribution in [2.24, 2.45) is 0 Å². The molecule has 7 heteroatoms. The molecule has 0 radical (unpaired) electrons. The maximum absolute atomic E-state index is 14.9. The minimum atomic E-state index is -0.385. The largest absolute Gasteiger partial charge is 1.00 e. The first-order valence-electron chi connectivity index (χ1n) is 16.3. The van der Waals surface area contributed by atoms with Crippen molar-refractivity contribution in [2.45, 2.75) is 104 Å². The third-order valence-electron chi connectivity index (χ3n) is 8.14. The summed E-state index contributed by atoms with van der Waals surface area (Å²) in [5.74, 6) is 0.857. The van der Waals surface area contributed by atoms with E-state index in [4.69, 9.17) is 4.74 Å². The predicted octanol–water partition coefficient (Wildman–Crippen LogP) is 6.12. The Balaban J connectivity index is 0.00000529. The molecule has 2 aromatic heterocycles. The maximum Gasteiger partial charge on any atom is 0.263 e. The van der Waals surface area contributed by atoms with Gasteiger partial charge in [-0.15, -0.1) is 0 Å². The van der Waals surface area contributed by atoms with Gasteiger partial charge in [0.1, 0.15) is 6.20 Å². The Kier molecular flexibility index (Phi) is 15.4. The first kappa shape index (κ1) is 35.3. The van der Waals surface area contributed by atoms with E-state index in [9.17, 15) is 9.18 Å². The van der Waals surface area contributed by atoms with Gasteiger partial charge >= 0.3 is 0 Å².